The maximum Gasteiger partial charge on any atom is 0.262 e. The van der Waals surface area contributed by atoms with Crippen LogP contribution in [0.25, 0.3) is 0 Å². The van der Waals surface area contributed by atoms with E-state index in [4.69, 9.17) is 0 Å². The normalized spacial score (nSPS) is 16.1. The summed E-state index contributed by atoms with van der Waals surface area (Å²) in [6.07, 6.45) is 3.09. The Balaban J connectivity index is 1.43. The van der Waals surface area contributed by atoms with Crippen molar-refractivity contribution in [2.45, 2.75) is 12.5 Å². The van der Waals surface area contributed by atoms with Crippen molar-refractivity contribution in [3.05, 3.63) is 87.7 Å². The summed E-state index contributed by atoms with van der Waals surface area (Å²) in [5.41, 5.74) is 0.0366. The van der Waals surface area contributed by atoms with E-state index in [0.29, 0.717) is 32.1 Å². The van der Waals surface area contributed by atoms with Crippen molar-refractivity contribution in [3.63, 3.8) is 0 Å². The Morgan fingerprint density at radius 3 is 2.16 bits per heavy atom. The molecule has 37 heavy (non-hydrogen) atoms. The highest BCUT2D eigenvalue weighted by atomic mass is 16.6. The molecule has 0 bridgehead atoms. The largest absolute Gasteiger partial charge is 0.868 e. The number of amides is 3. The summed E-state index contributed by atoms with van der Waals surface area (Å²) < 4.78 is 0. The van der Waals surface area contributed by atoms with Crippen LogP contribution in [0.15, 0.2) is 60.9 Å². The van der Waals surface area contributed by atoms with E-state index in [-0.39, 0.29) is 23.1 Å². The number of rotatable bonds is 6. The van der Waals surface area contributed by atoms with Gasteiger partial charge in [0.15, 0.2) is 0 Å². The molecule has 1 saturated heterocycles. The third-order valence-corrected chi connectivity index (χ3v) is 6.50. The Bertz CT molecular complexity index is 1350. The number of imide groups is 1. The molecule has 3 aromatic rings. The van der Waals surface area contributed by atoms with Gasteiger partial charge in [0.05, 0.1) is 16.1 Å². The van der Waals surface area contributed by atoms with E-state index in [2.05, 4.69) is 9.97 Å². The molecule has 1 atom stereocenters. The van der Waals surface area contributed by atoms with E-state index in [0.717, 1.165) is 17.0 Å². The zero-order valence-electron chi connectivity index (χ0n) is 19.5. The van der Waals surface area contributed by atoms with E-state index in [1.54, 1.807) is 35.5 Å². The number of nitro benzene ring substituents is 1. The Labute approximate surface area is 210 Å². The smallest absolute Gasteiger partial charge is 0.262 e. The predicted octanol–water partition coefficient (Wildman–Crippen LogP) is 1.01. The minimum atomic E-state index is -1.25. The van der Waals surface area contributed by atoms with Gasteiger partial charge in [-0.15, -0.1) is 0 Å². The molecule has 2 aliphatic rings. The molecule has 1 aromatic heterocycles. The number of carbonyl (C=O) groups is 3. The zero-order chi connectivity index (χ0) is 26.1. The van der Waals surface area contributed by atoms with E-state index in [9.17, 15) is 29.6 Å². The average molecular weight is 501 g/mol. The molecule has 2 aromatic carbocycles. The van der Waals surface area contributed by atoms with E-state index >= 15 is 0 Å². The van der Waals surface area contributed by atoms with Crippen molar-refractivity contribution in [1.82, 2.24) is 19.8 Å². The zero-order valence-corrected chi connectivity index (χ0v) is 19.5. The molecule has 2 aliphatic heterocycles. The minimum absolute atomic E-state index is 0.173. The number of nitrogens with zero attached hydrogens (tertiary/aromatic N) is 6. The first-order valence-electron chi connectivity index (χ1n) is 11.6. The van der Waals surface area contributed by atoms with Gasteiger partial charge in [0.1, 0.15) is 6.04 Å². The van der Waals surface area contributed by atoms with Crippen LogP contribution in [0.2, 0.25) is 0 Å². The number of benzene rings is 2. The van der Waals surface area contributed by atoms with Crippen molar-refractivity contribution in [2.24, 2.45) is 0 Å². The summed E-state index contributed by atoms with van der Waals surface area (Å²) in [5, 5.41) is 23.2. The van der Waals surface area contributed by atoms with Crippen molar-refractivity contribution >= 4 is 29.4 Å². The van der Waals surface area contributed by atoms with Gasteiger partial charge in [-0.25, -0.2) is 9.97 Å². The Morgan fingerprint density at radius 1 is 0.946 bits per heavy atom. The number of hydrogen-bond acceptors (Lipinski definition) is 9. The number of fused-ring (bicyclic) bond motifs is 1. The lowest BCUT2D eigenvalue weighted by Crippen LogP contribution is -2.57. The second-order valence-corrected chi connectivity index (χ2v) is 8.67. The van der Waals surface area contributed by atoms with Crippen molar-refractivity contribution in [3.8, 4) is 5.75 Å². The molecule has 0 unspecified atom stereocenters. The fourth-order valence-corrected chi connectivity index (χ4v) is 4.63. The molecule has 3 amide bonds. The van der Waals surface area contributed by atoms with Crippen LogP contribution in [0.1, 0.15) is 26.3 Å². The molecule has 0 spiro atoms. The molecule has 5 rings (SSSR count). The maximum atomic E-state index is 13.8. The number of anilines is 1. The van der Waals surface area contributed by atoms with Gasteiger partial charge in [-0.1, -0.05) is 24.3 Å². The molecule has 188 valence electrons. The fourth-order valence-electron chi connectivity index (χ4n) is 4.63. The molecule has 0 radical (unpaired) electrons. The number of carbonyl (C=O) groups excluding carboxylic acids is 3. The lowest BCUT2D eigenvalue weighted by Gasteiger charge is -2.37. The average Bonchev–Trinajstić information content (AvgIpc) is 3.18. The first-order chi connectivity index (χ1) is 17.8. The van der Waals surface area contributed by atoms with Crippen molar-refractivity contribution < 1.29 is 24.4 Å². The third kappa shape index (κ3) is 4.44. The highest BCUT2D eigenvalue weighted by Crippen LogP contribution is 2.29. The van der Waals surface area contributed by atoms with Crippen LogP contribution in [-0.2, 0) is 11.2 Å². The van der Waals surface area contributed by atoms with Gasteiger partial charge in [0.2, 0.25) is 11.9 Å². The van der Waals surface area contributed by atoms with Gasteiger partial charge in [-0.05, 0) is 29.5 Å². The standard InChI is InChI=1S/C25H22N6O6/c32-21-7-6-16(14-19(21)31(36)37)15-20(30-22(33)17-4-1-2-5-18(17)23(30)34)24(35)28-10-12-29(13-11-28)25-26-8-3-9-27-25/h1-9,14,20,32H,10-13,15H2/p-1/t20-/m0/s1. The van der Waals surface area contributed by atoms with Crippen molar-refractivity contribution in [1.29, 1.82) is 0 Å². The number of nitro groups is 1. The van der Waals surface area contributed by atoms with Crippen LogP contribution in [0.4, 0.5) is 11.6 Å². The lowest BCUT2D eigenvalue weighted by atomic mass is 10.0. The first kappa shape index (κ1) is 23.9. The van der Waals surface area contributed by atoms with Gasteiger partial charge < -0.3 is 14.9 Å². The maximum absolute atomic E-state index is 13.8. The number of hydrogen-bond donors (Lipinski definition) is 0. The Kier molecular flexibility index (Phi) is 6.22. The molecule has 0 saturated carbocycles. The van der Waals surface area contributed by atoms with Crippen LogP contribution >= 0.6 is 0 Å². The van der Waals surface area contributed by atoms with Gasteiger partial charge >= 0.3 is 0 Å². The fraction of sp³-hybridized carbons (Fsp3) is 0.240. The van der Waals surface area contributed by atoms with Crippen LogP contribution < -0.4 is 10.0 Å². The SMILES string of the molecule is O=C([C@H](Cc1ccc([O-])c([N+](=O)[O-])c1)N1C(=O)c2ccccc2C1=O)N1CCN(c2ncccn2)CC1. The molecule has 3 heterocycles. The topological polar surface area (TPSA) is 153 Å². The van der Waals surface area contributed by atoms with Crippen molar-refractivity contribution in [2.75, 3.05) is 31.1 Å². The van der Waals surface area contributed by atoms with Crippen LogP contribution in [0, 0.1) is 10.1 Å². The van der Waals surface area contributed by atoms with Gasteiger partial charge in [-0.2, -0.15) is 0 Å². The molecule has 12 heteroatoms. The molecular formula is C25H21N6O6-. The second kappa shape index (κ2) is 9.64. The summed E-state index contributed by atoms with van der Waals surface area (Å²) in [6.45, 7) is 1.49. The molecule has 0 aliphatic carbocycles. The molecule has 12 nitrogen and oxygen atoms in total. The summed E-state index contributed by atoms with van der Waals surface area (Å²) in [7, 11) is 0. The summed E-state index contributed by atoms with van der Waals surface area (Å²) in [5.74, 6) is -1.90. The third-order valence-electron chi connectivity index (χ3n) is 6.50. The molecule has 0 N–H and O–H groups in total. The molecule has 1 fully saturated rings. The quantitative estimate of drug-likeness (QED) is 0.274. The van der Waals surface area contributed by atoms with Gasteiger partial charge in [0, 0.05) is 51.1 Å². The Hall–Kier alpha value is -4.87. The highest BCUT2D eigenvalue weighted by Gasteiger charge is 2.44. The Morgan fingerprint density at radius 2 is 1.57 bits per heavy atom. The summed E-state index contributed by atoms with van der Waals surface area (Å²) >= 11 is 0. The predicted molar refractivity (Wildman–Crippen MR) is 128 cm³/mol. The van der Waals surface area contributed by atoms with E-state index < -0.39 is 40.1 Å². The lowest BCUT2D eigenvalue weighted by molar-refractivity contribution is -0.398. The summed E-state index contributed by atoms with van der Waals surface area (Å²) in [6, 6.07) is 10.3. The first-order valence-corrected chi connectivity index (χ1v) is 11.6. The van der Waals surface area contributed by atoms with E-state index in [1.807, 2.05) is 4.90 Å². The van der Waals surface area contributed by atoms with Crippen LogP contribution in [0.3, 0.4) is 0 Å². The summed E-state index contributed by atoms with van der Waals surface area (Å²) in [4.78, 5) is 63.7. The molecular weight excluding hydrogens is 480 g/mol. The minimum Gasteiger partial charge on any atom is -0.868 e. The van der Waals surface area contributed by atoms with Gasteiger partial charge in [0.25, 0.3) is 17.5 Å². The van der Waals surface area contributed by atoms with E-state index in [1.165, 1.54) is 18.2 Å². The number of piperazine rings is 1. The monoisotopic (exact) mass is 501 g/mol. The highest BCUT2D eigenvalue weighted by molar-refractivity contribution is 6.22. The number of aromatic nitrogens is 2. The second-order valence-electron chi connectivity index (χ2n) is 8.67. The van der Waals surface area contributed by atoms with Gasteiger partial charge in [-0.3, -0.25) is 29.4 Å². The van der Waals surface area contributed by atoms with Crippen LogP contribution in [-0.4, -0.2) is 74.6 Å². The van der Waals surface area contributed by atoms with Crippen LogP contribution in [0.5, 0.6) is 5.75 Å².